The lowest BCUT2D eigenvalue weighted by Gasteiger charge is -2.34. The number of nitriles is 1. The summed E-state index contributed by atoms with van der Waals surface area (Å²) < 4.78 is 49.0. The van der Waals surface area contributed by atoms with Crippen molar-refractivity contribution in [3.05, 3.63) is 40.1 Å². The Morgan fingerprint density at radius 1 is 1.12 bits per heavy atom. The molecule has 33 heavy (non-hydrogen) atoms. The second-order valence-corrected chi connectivity index (χ2v) is 6.90. The number of aromatic amines is 1. The molecule has 0 spiro atoms. The van der Waals surface area contributed by atoms with Gasteiger partial charge in [0.05, 0.1) is 43.8 Å². The molecule has 1 N–H and O–H groups in total. The zero-order valence-electron chi connectivity index (χ0n) is 17.3. The molecule has 2 aromatic rings. The van der Waals surface area contributed by atoms with E-state index in [2.05, 4.69) is 15.1 Å². The Bertz CT molecular complexity index is 1050. The van der Waals surface area contributed by atoms with Crippen LogP contribution in [0.25, 0.3) is 0 Å². The largest absolute Gasteiger partial charge is 0.489 e. The Kier molecular flexibility index (Phi) is 7.78. The predicted octanol–water partition coefficient (Wildman–Crippen LogP) is 0.585. The summed E-state index contributed by atoms with van der Waals surface area (Å²) in [5.41, 5.74) is -2.48. The molecule has 1 aliphatic rings. The van der Waals surface area contributed by atoms with E-state index in [-0.39, 0.29) is 32.1 Å². The molecule has 0 radical (unpaired) electrons. The highest BCUT2D eigenvalue weighted by Crippen LogP contribution is 2.32. The minimum absolute atomic E-state index is 0.0683. The van der Waals surface area contributed by atoms with Gasteiger partial charge in [-0.2, -0.15) is 23.5 Å². The molecule has 0 bridgehead atoms. The number of H-pyrrole nitrogens is 1. The van der Waals surface area contributed by atoms with Gasteiger partial charge in [-0.05, 0) is 0 Å². The number of hydrogen-bond donors (Lipinski definition) is 1. The van der Waals surface area contributed by atoms with Gasteiger partial charge in [-0.15, -0.1) is 0 Å². The van der Waals surface area contributed by atoms with Crippen molar-refractivity contribution in [2.24, 2.45) is 0 Å². The lowest BCUT2D eigenvalue weighted by Crippen LogP contribution is -2.49. The Balaban J connectivity index is 1.35. The van der Waals surface area contributed by atoms with E-state index in [0.717, 1.165) is 6.20 Å². The van der Waals surface area contributed by atoms with Crippen molar-refractivity contribution in [1.29, 1.82) is 5.26 Å². The van der Waals surface area contributed by atoms with Crippen LogP contribution >= 0.6 is 0 Å². The molecule has 0 atom stereocenters. The van der Waals surface area contributed by atoms with Crippen molar-refractivity contribution in [1.82, 2.24) is 25.1 Å². The number of piperazine rings is 1. The third-order valence-corrected chi connectivity index (χ3v) is 4.73. The van der Waals surface area contributed by atoms with E-state index in [1.165, 1.54) is 12.4 Å². The number of nitrogens with zero attached hydrogens (tertiary/aromatic N) is 6. The van der Waals surface area contributed by atoms with Crippen LogP contribution in [0.2, 0.25) is 0 Å². The zero-order chi connectivity index (χ0) is 23.8. The fraction of sp³-hybridized carbons (Fsp3) is 0.474. The van der Waals surface area contributed by atoms with Crippen LogP contribution < -0.4 is 15.2 Å². The van der Waals surface area contributed by atoms with E-state index in [1.54, 1.807) is 10.00 Å². The topological polar surface area (TPSA) is 137 Å². The molecule has 0 aliphatic carbocycles. The van der Waals surface area contributed by atoms with Crippen molar-refractivity contribution in [2.45, 2.75) is 12.6 Å². The van der Waals surface area contributed by atoms with E-state index < -0.39 is 23.0 Å². The maximum Gasteiger partial charge on any atom is 0.425 e. The average molecular weight is 467 g/mol. The molecule has 0 saturated carbocycles. The van der Waals surface area contributed by atoms with Gasteiger partial charge in [0.15, 0.2) is 11.3 Å². The minimum atomic E-state index is -4.88. The van der Waals surface area contributed by atoms with Crippen LogP contribution in [0.15, 0.2) is 23.4 Å². The molecule has 2 aromatic heterocycles. The number of halogens is 3. The average Bonchev–Trinajstić information content (AvgIpc) is 2.80. The predicted molar refractivity (Wildman–Crippen MR) is 106 cm³/mol. The number of anilines is 1. The lowest BCUT2D eigenvalue weighted by atomic mass is 10.3. The van der Waals surface area contributed by atoms with Crippen molar-refractivity contribution in [3.8, 4) is 11.8 Å². The number of carbonyl (C=O) groups excluding carboxylic acids is 1. The molecule has 176 valence electrons. The van der Waals surface area contributed by atoms with Gasteiger partial charge >= 0.3 is 6.18 Å². The Labute approximate surface area is 185 Å². The minimum Gasteiger partial charge on any atom is -0.489 e. The second-order valence-electron chi connectivity index (χ2n) is 6.90. The van der Waals surface area contributed by atoms with Crippen LogP contribution in [-0.2, 0) is 15.7 Å². The van der Waals surface area contributed by atoms with Crippen LogP contribution in [0.3, 0.4) is 0 Å². The fourth-order valence-electron chi connectivity index (χ4n) is 3.09. The first-order valence-corrected chi connectivity index (χ1v) is 9.90. The summed E-state index contributed by atoms with van der Waals surface area (Å²) >= 11 is 0. The van der Waals surface area contributed by atoms with Gasteiger partial charge in [-0.1, -0.05) is 0 Å². The highest BCUT2D eigenvalue weighted by Gasteiger charge is 2.38. The maximum atomic E-state index is 12.9. The van der Waals surface area contributed by atoms with E-state index in [9.17, 15) is 22.8 Å². The van der Waals surface area contributed by atoms with E-state index in [1.807, 2.05) is 11.0 Å². The van der Waals surface area contributed by atoms with Crippen LogP contribution in [0.4, 0.5) is 19.1 Å². The molecular formula is C19H20F3N7O4. The third-order valence-electron chi connectivity index (χ3n) is 4.73. The lowest BCUT2D eigenvalue weighted by molar-refractivity contribution is -0.140. The molecular weight excluding hydrogens is 447 g/mol. The number of ether oxygens (including phenoxy) is 2. The van der Waals surface area contributed by atoms with Crippen LogP contribution in [0.1, 0.15) is 17.5 Å². The first kappa shape index (κ1) is 23.9. The van der Waals surface area contributed by atoms with Gasteiger partial charge in [0.2, 0.25) is 11.9 Å². The molecule has 3 rings (SSSR count). The van der Waals surface area contributed by atoms with E-state index in [0.29, 0.717) is 37.7 Å². The number of aromatic nitrogens is 4. The molecule has 1 amide bonds. The smallest absolute Gasteiger partial charge is 0.425 e. The zero-order valence-corrected chi connectivity index (χ0v) is 17.3. The SMILES string of the molecule is N#Cc1cnc(N2CCN(C(=O)CCOCCOc3cn[nH]c(=O)c3C(F)(F)F)CC2)nc1. The number of carbonyl (C=O) groups is 1. The van der Waals surface area contributed by atoms with Crippen LogP contribution in [0, 0.1) is 11.3 Å². The monoisotopic (exact) mass is 467 g/mol. The molecule has 1 aliphatic heterocycles. The number of rotatable bonds is 8. The molecule has 0 aromatic carbocycles. The maximum absolute atomic E-state index is 12.9. The number of nitrogens with one attached hydrogen (secondary N) is 1. The summed E-state index contributed by atoms with van der Waals surface area (Å²) in [7, 11) is 0. The molecule has 11 nitrogen and oxygen atoms in total. The summed E-state index contributed by atoms with van der Waals surface area (Å²) in [6, 6.07) is 1.95. The Hall–Kier alpha value is -3.73. The summed E-state index contributed by atoms with van der Waals surface area (Å²) in [6.45, 7) is 1.78. The number of amides is 1. The first-order chi connectivity index (χ1) is 15.8. The van der Waals surface area contributed by atoms with Crippen molar-refractivity contribution in [2.75, 3.05) is 50.9 Å². The summed E-state index contributed by atoms with van der Waals surface area (Å²) in [4.78, 5) is 35.6. The van der Waals surface area contributed by atoms with Gasteiger partial charge in [0.25, 0.3) is 5.56 Å². The molecule has 0 unspecified atom stereocenters. The van der Waals surface area contributed by atoms with Crippen LogP contribution in [0.5, 0.6) is 5.75 Å². The molecule has 1 fully saturated rings. The highest BCUT2D eigenvalue weighted by molar-refractivity contribution is 5.76. The number of hydrogen-bond acceptors (Lipinski definition) is 9. The summed E-state index contributed by atoms with van der Waals surface area (Å²) in [6.07, 6.45) is -1.12. The molecule has 1 saturated heterocycles. The van der Waals surface area contributed by atoms with Gasteiger partial charge in [-0.3, -0.25) is 9.59 Å². The summed E-state index contributed by atoms with van der Waals surface area (Å²) in [5, 5.41) is 13.8. The Morgan fingerprint density at radius 3 is 2.45 bits per heavy atom. The van der Waals surface area contributed by atoms with Crippen molar-refractivity contribution < 1.29 is 27.4 Å². The van der Waals surface area contributed by atoms with Crippen molar-refractivity contribution >= 4 is 11.9 Å². The Morgan fingerprint density at radius 2 is 1.82 bits per heavy atom. The molecule has 14 heteroatoms. The van der Waals surface area contributed by atoms with Gasteiger partial charge in [0.1, 0.15) is 12.7 Å². The van der Waals surface area contributed by atoms with E-state index in [4.69, 9.17) is 14.7 Å². The molecule has 3 heterocycles. The first-order valence-electron chi connectivity index (χ1n) is 9.90. The van der Waals surface area contributed by atoms with Gasteiger partial charge < -0.3 is 19.3 Å². The highest BCUT2D eigenvalue weighted by atomic mass is 19.4. The van der Waals surface area contributed by atoms with Gasteiger partial charge in [0, 0.05) is 26.2 Å². The van der Waals surface area contributed by atoms with Crippen LogP contribution in [-0.4, -0.2) is 77.0 Å². The van der Waals surface area contributed by atoms with Gasteiger partial charge in [-0.25, -0.2) is 15.1 Å². The number of alkyl halides is 3. The summed E-state index contributed by atoms with van der Waals surface area (Å²) in [5.74, 6) is -0.307. The standard InChI is InChI=1S/C19H20F3N7O4/c20-19(21,22)16-14(12-26-27-17(16)31)33-8-7-32-6-1-15(30)28-2-4-29(5-3-28)18-24-10-13(9-23)11-25-18/h10-12H,1-8H2,(H,27,31). The van der Waals surface area contributed by atoms with Crippen molar-refractivity contribution in [3.63, 3.8) is 0 Å². The normalized spacial score (nSPS) is 14.1. The fourth-order valence-corrected chi connectivity index (χ4v) is 3.09. The second kappa shape index (κ2) is 10.7. The quantitative estimate of drug-likeness (QED) is 0.553. The van der Waals surface area contributed by atoms with E-state index >= 15 is 0 Å². The third kappa shape index (κ3) is 6.39.